The first-order valence-electron chi connectivity index (χ1n) is 6.13. The minimum absolute atomic E-state index is 0.258. The van der Waals surface area contributed by atoms with Crippen molar-refractivity contribution >= 4 is 38.3 Å². The molecule has 0 aliphatic carbocycles. The van der Waals surface area contributed by atoms with Crippen LogP contribution in [0.4, 0.5) is 10.8 Å². The Bertz CT molecular complexity index is 862. The second kappa shape index (κ2) is 5.23. The second-order valence-corrected chi connectivity index (χ2v) is 5.42. The maximum atomic E-state index is 12.1. The number of aromatic nitrogens is 1. The van der Waals surface area contributed by atoms with E-state index in [2.05, 4.69) is 10.3 Å². The van der Waals surface area contributed by atoms with Crippen molar-refractivity contribution in [2.24, 2.45) is 0 Å². The number of amides is 1. The van der Waals surface area contributed by atoms with Crippen molar-refractivity contribution in [3.63, 3.8) is 0 Å². The van der Waals surface area contributed by atoms with Crippen molar-refractivity contribution in [3.8, 4) is 6.07 Å². The third-order valence-electron chi connectivity index (χ3n) is 2.91. The van der Waals surface area contributed by atoms with Crippen LogP contribution in [0.2, 0.25) is 0 Å². The summed E-state index contributed by atoms with van der Waals surface area (Å²) in [6.45, 7) is 0. The molecule has 1 amide bonds. The van der Waals surface area contributed by atoms with Gasteiger partial charge in [0.1, 0.15) is 0 Å². The summed E-state index contributed by atoms with van der Waals surface area (Å²) in [4.78, 5) is 16.4. The third-order valence-corrected chi connectivity index (χ3v) is 3.84. The third kappa shape index (κ3) is 2.68. The molecule has 102 valence electrons. The Morgan fingerprint density at radius 1 is 1.24 bits per heavy atom. The van der Waals surface area contributed by atoms with E-state index >= 15 is 0 Å². The summed E-state index contributed by atoms with van der Waals surface area (Å²) < 4.78 is 0.921. The molecule has 0 aliphatic rings. The van der Waals surface area contributed by atoms with Crippen molar-refractivity contribution in [1.82, 2.24) is 4.98 Å². The van der Waals surface area contributed by atoms with Gasteiger partial charge in [0, 0.05) is 11.3 Å². The van der Waals surface area contributed by atoms with Gasteiger partial charge in [-0.2, -0.15) is 5.26 Å². The predicted octanol–water partition coefficient (Wildman–Crippen LogP) is 3.00. The van der Waals surface area contributed by atoms with Gasteiger partial charge >= 0.3 is 0 Å². The van der Waals surface area contributed by atoms with E-state index in [4.69, 9.17) is 11.0 Å². The molecule has 0 saturated carbocycles. The molecule has 5 nitrogen and oxygen atoms in total. The number of nitrogens with two attached hydrogens (primary N) is 1. The smallest absolute Gasteiger partial charge is 0.257 e. The van der Waals surface area contributed by atoms with E-state index in [1.165, 1.54) is 11.3 Å². The topological polar surface area (TPSA) is 91.8 Å². The van der Waals surface area contributed by atoms with Crippen LogP contribution < -0.4 is 11.1 Å². The summed E-state index contributed by atoms with van der Waals surface area (Å²) in [6, 6.07) is 13.9. The number of nitriles is 1. The molecule has 0 aliphatic heterocycles. The molecule has 1 aromatic heterocycles. The summed E-state index contributed by atoms with van der Waals surface area (Å²) >= 11 is 1.37. The van der Waals surface area contributed by atoms with E-state index in [0.29, 0.717) is 21.9 Å². The fourth-order valence-electron chi connectivity index (χ4n) is 1.86. The number of hydrogen-bond acceptors (Lipinski definition) is 5. The average Bonchev–Trinajstić information content (AvgIpc) is 2.88. The fourth-order valence-corrected chi connectivity index (χ4v) is 2.77. The molecule has 0 radical (unpaired) electrons. The van der Waals surface area contributed by atoms with Gasteiger partial charge in [-0.1, -0.05) is 11.3 Å². The molecular formula is C15H10N4OS. The zero-order valence-electron chi connectivity index (χ0n) is 10.8. The Balaban J connectivity index is 1.83. The molecule has 0 spiro atoms. The number of anilines is 2. The Morgan fingerprint density at radius 2 is 2.00 bits per heavy atom. The first-order valence-corrected chi connectivity index (χ1v) is 6.95. The van der Waals surface area contributed by atoms with Gasteiger partial charge in [0.15, 0.2) is 5.13 Å². The molecule has 6 heteroatoms. The van der Waals surface area contributed by atoms with Crippen molar-refractivity contribution in [3.05, 3.63) is 53.6 Å². The van der Waals surface area contributed by atoms with Crippen LogP contribution in [0.15, 0.2) is 42.5 Å². The number of rotatable bonds is 2. The second-order valence-electron chi connectivity index (χ2n) is 4.39. The maximum Gasteiger partial charge on any atom is 0.257 e. The number of thiazole rings is 1. The van der Waals surface area contributed by atoms with Gasteiger partial charge < -0.3 is 5.73 Å². The van der Waals surface area contributed by atoms with Crippen molar-refractivity contribution in [2.45, 2.75) is 0 Å². The molecule has 3 rings (SSSR count). The Hall–Kier alpha value is -2.91. The fraction of sp³-hybridized carbons (Fsp3) is 0. The molecule has 0 fully saturated rings. The number of carbonyl (C=O) groups is 1. The molecular weight excluding hydrogens is 284 g/mol. The van der Waals surface area contributed by atoms with Crippen LogP contribution in [0.1, 0.15) is 15.9 Å². The number of nitrogen functional groups attached to an aromatic ring is 1. The highest BCUT2D eigenvalue weighted by molar-refractivity contribution is 7.22. The average molecular weight is 294 g/mol. The minimum Gasteiger partial charge on any atom is -0.399 e. The first kappa shape index (κ1) is 13.1. The highest BCUT2D eigenvalue weighted by atomic mass is 32.1. The Morgan fingerprint density at radius 3 is 2.71 bits per heavy atom. The molecule has 1 heterocycles. The normalized spacial score (nSPS) is 10.2. The van der Waals surface area contributed by atoms with Gasteiger partial charge in [0.25, 0.3) is 5.91 Å². The molecule has 0 bridgehead atoms. The number of benzene rings is 2. The van der Waals surface area contributed by atoms with Gasteiger partial charge in [-0.25, -0.2) is 4.98 Å². The lowest BCUT2D eigenvalue weighted by atomic mass is 10.1. The van der Waals surface area contributed by atoms with E-state index < -0.39 is 0 Å². The maximum absolute atomic E-state index is 12.1. The zero-order chi connectivity index (χ0) is 14.8. The zero-order valence-corrected chi connectivity index (χ0v) is 11.6. The number of fused-ring (bicyclic) bond motifs is 1. The molecule has 3 N–H and O–H groups in total. The first-order chi connectivity index (χ1) is 10.2. The summed E-state index contributed by atoms with van der Waals surface area (Å²) in [5.41, 5.74) is 8.17. The van der Waals surface area contributed by atoms with Crippen LogP contribution >= 0.6 is 11.3 Å². The van der Waals surface area contributed by atoms with Gasteiger partial charge in [0.2, 0.25) is 0 Å². The largest absolute Gasteiger partial charge is 0.399 e. The highest BCUT2D eigenvalue weighted by Crippen LogP contribution is 2.27. The van der Waals surface area contributed by atoms with Crippen LogP contribution in [0.5, 0.6) is 0 Å². The van der Waals surface area contributed by atoms with Crippen LogP contribution in [-0.4, -0.2) is 10.9 Å². The monoisotopic (exact) mass is 294 g/mol. The van der Waals surface area contributed by atoms with Crippen LogP contribution in [0.3, 0.4) is 0 Å². The van der Waals surface area contributed by atoms with E-state index in [-0.39, 0.29) is 5.91 Å². The molecule has 2 aromatic carbocycles. The van der Waals surface area contributed by atoms with E-state index in [0.717, 1.165) is 10.2 Å². The van der Waals surface area contributed by atoms with Gasteiger partial charge in [-0.15, -0.1) is 0 Å². The molecule has 3 aromatic rings. The molecule has 0 unspecified atom stereocenters. The van der Waals surface area contributed by atoms with Crippen LogP contribution in [-0.2, 0) is 0 Å². The van der Waals surface area contributed by atoms with Gasteiger partial charge in [-0.05, 0) is 42.5 Å². The summed E-state index contributed by atoms with van der Waals surface area (Å²) in [7, 11) is 0. The Labute approximate surface area is 124 Å². The van der Waals surface area contributed by atoms with Crippen LogP contribution in [0.25, 0.3) is 10.2 Å². The number of carbonyl (C=O) groups excluding carboxylic acids is 1. The van der Waals surface area contributed by atoms with E-state index in [9.17, 15) is 4.79 Å². The SMILES string of the molecule is N#Cc1ccc(C(=O)Nc2nc3ccc(N)cc3s2)cc1. The summed E-state index contributed by atoms with van der Waals surface area (Å²) in [5.74, 6) is -0.258. The number of nitrogens with zero attached hydrogens (tertiary/aromatic N) is 2. The van der Waals surface area contributed by atoms with Crippen molar-refractivity contribution in [2.75, 3.05) is 11.1 Å². The number of nitrogens with one attached hydrogen (secondary N) is 1. The van der Waals surface area contributed by atoms with Gasteiger partial charge in [0.05, 0.1) is 21.8 Å². The van der Waals surface area contributed by atoms with Crippen molar-refractivity contribution in [1.29, 1.82) is 5.26 Å². The predicted molar refractivity (Wildman–Crippen MR) is 83.1 cm³/mol. The summed E-state index contributed by atoms with van der Waals surface area (Å²) in [5, 5.41) is 12.0. The lowest BCUT2D eigenvalue weighted by Gasteiger charge is -2.01. The molecule has 21 heavy (non-hydrogen) atoms. The molecule has 0 atom stereocenters. The standard InChI is InChI=1S/C15H10N4OS/c16-8-9-1-3-10(4-2-9)14(20)19-15-18-12-6-5-11(17)7-13(12)21-15/h1-7H,17H2,(H,18,19,20). The van der Waals surface area contributed by atoms with E-state index in [1.54, 1.807) is 30.3 Å². The van der Waals surface area contributed by atoms with Gasteiger partial charge in [-0.3, -0.25) is 10.1 Å². The lowest BCUT2D eigenvalue weighted by molar-refractivity contribution is 0.102. The Kier molecular flexibility index (Phi) is 3.26. The molecule has 0 saturated heterocycles. The van der Waals surface area contributed by atoms with E-state index in [1.807, 2.05) is 18.2 Å². The van der Waals surface area contributed by atoms with Crippen molar-refractivity contribution < 1.29 is 4.79 Å². The minimum atomic E-state index is -0.258. The number of hydrogen-bond donors (Lipinski definition) is 2. The highest BCUT2D eigenvalue weighted by Gasteiger charge is 2.10. The summed E-state index contributed by atoms with van der Waals surface area (Å²) in [6.07, 6.45) is 0. The quantitative estimate of drug-likeness (QED) is 0.711. The lowest BCUT2D eigenvalue weighted by Crippen LogP contribution is -2.11. The van der Waals surface area contributed by atoms with Crippen LogP contribution in [0, 0.1) is 11.3 Å².